The Morgan fingerprint density at radius 3 is 2.35 bits per heavy atom. The Morgan fingerprint density at radius 1 is 1.22 bits per heavy atom. The molecule has 2 aliphatic rings. The van der Waals surface area contributed by atoms with E-state index in [4.69, 9.17) is 0 Å². The summed E-state index contributed by atoms with van der Waals surface area (Å²) in [7, 11) is 0. The van der Waals surface area contributed by atoms with Crippen molar-refractivity contribution in [3.05, 3.63) is 35.6 Å². The van der Waals surface area contributed by atoms with Gasteiger partial charge in [0.05, 0.1) is 11.5 Å². The van der Waals surface area contributed by atoms with Crippen LogP contribution in [0.5, 0.6) is 0 Å². The van der Waals surface area contributed by atoms with Gasteiger partial charge in [-0.2, -0.15) is 0 Å². The molecule has 1 saturated heterocycles. The number of carbonyl (C=O) groups excluding carboxylic acids is 1. The summed E-state index contributed by atoms with van der Waals surface area (Å²) in [5.74, 6) is -0.0834. The van der Waals surface area contributed by atoms with Crippen molar-refractivity contribution in [2.75, 3.05) is 32.7 Å². The van der Waals surface area contributed by atoms with Crippen molar-refractivity contribution in [1.82, 2.24) is 9.80 Å². The highest BCUT2D eigenvalue weighted by Gasteiger charge is 2.53. The highest BCUT2D eigenvalue weighted by molar-refractivity contribution is 5.91. The number of hydrogen-bond donors (Lipinski definition) is 1. The van der Waals surface area contributed by atoms with Gasteiger partial charge < -0.3 is 10.0 Å². The number of halogens is 1. The van der Waals surface area contributed by atoms with Gasteiger partial charge in [-0.1, -0.05) is 19.1 Å². The SMILES string of the molecule is CC[C@H](O)CN1CCN(C(=O)C2(c3ccc(F)cc3)CC2)CC1. The van der Waals surface area contributed by atoms with E-state index in [0.717, 1.165) is 37.9 Å². The fourth-order valence-electron chi connectivity index (χ4n) is 3.38. The summed E-state index contributed by atoms with van der Waals surface area (Å²) < 4.78 is 13.1. The van der Waals surface area contributed by atoms with Gasteiger partial charge in [0.2, 0.25) is 5.91 Å². The Kier molecular flexibility index (Phi) is 4.69. The van der Waals surface area contributed by atoms with E-state index in [1.165, 1.54) is 12.1 Å². The average Bonchev–Trinajstić information content (AvgIpc) is 3.37. The van der Waals surface area contributed by atoms with E-state index in [2.05, 4.69) is 4.90 Å². The van der Waals surface area contributed by atoms with Gasteiger partial charge in [-0.15, -0.1) is 0 Å². The van der Waals surface area contributed by atoms with Crippen LogP contribution in [0.3, 0.4) is 0 Å². The Labute approximate surface area is 136 Å². The van der Waals surface area contributed by atoms with Crippen LogP contribution < -0.4 is 0 Å². The molecule has 1 aromatic carbocycles. The van der Waals surface area contributed by atoms with Gasteiger partial charge in [-0.25, -0.2) is 4.39 Å². The van der Waals surface area contributed by atoms with Crippen molar-refractivity contribution in [3.8, 4) is 0 Å². The molecule has 1 aromatic rings. The van der Waals surface area contributed by atoms with E-state index in [9.17, 15) is 14.3 Å². The zero-order chi connectivity index (χ0) is 16.4. The minimum Gasteiger partial charge on any atom is -0.392 e. The molecular formula is C18H25FN2O2. The van der Waals surface area contributed by atoms with E-state index in [1.807, 2.05) is 11.8 Å². The van der Waals surface area contributed by atoms with Crippen molar-refractivity contribution >= 4 is 5.91 Å². The lowest BCUT2D eigenvalue weighted by molar-refractivity contribution is -0.135. The lowest BCUT2D eigenvalue weighted by atomic mass is 9.94. The van der Waals surface area contributed by atoms with Crippen molar-refractivity contribution in [1.29, 1.82) is 0 Å². The number of nitrogens with zero attached hydrogens (tertiary/aromatic N) is 2. The summed E-state index contributed by atoms with van der Waals surface area (Å²) in [6, 6.07) is 6.36. The Balaban J connectivity index is 1.60. The topological polar surface area (TPSA) is 43.8 Å². The Hall–Kier alpha value is -1.46. The number of rotatable bonds is 5. The first-order valence-corrected chi connectivity index (χ1v) is 8.51. The fraction of sp³-hybridized carbons (Fsp3) is 0.611. The molecule has 1 heterocycles. The van der Waals surface area contributed by atoms with E-state index < -0.39 is 5.41 Å². The van der Waals surface area contributed by atoms with Gasteiger partial charge in [0.1, 0.15) is 5.82 Å². The Bertz CT molecular complexity index is 549. The maximum absolute atomic E-state index is 13.1. The number of carbonyl (C=O) groups is 1. The number of amides is 1. The van der Waals surface area contributed by atoms with Crippen molar-refractivity contribution in [2.24, 2.45) is 0 Å². The number of benzene rings is 1. The summed E-state index contributed by atoms with van der Waals surface area (Å²) in [6.45, 7) is 5.69. The van der Waals surface area contributed by atoms with Crippen LogP contribution in [0.4, 0.5) is 4.39 Å². The highest BCUT2D eigenvalue weighted by Crippen LogP contribution is 2.49. The van der Waals surface area contributed by atoms with Crippen molar-refractivity contribution < 1.29 is 14.3 Å². The summed E-state index contributed by atoms with van der Waals surface area (Å²) >= 11 is 0. The van der Waals surface area contributed by atoms with Gasteiger partial charge in [0, 0.05) is 32.7 Å². The molecule has 3 rings (SSSR count). The number of aliphatic hydroxyl groups excluding tert-OH is 1. The third kappa shape index (κ3) is 3.40. The van der Waals surface area contributed by atoms with E-state index >= 15 is 0 Å². The minimum atomic E-state index is -0.418. The number of β-amino-alcohol motifs (C(OH)–C–C–N with tert-alkyl or cyclic N) is 1. The smallest absolute Gasteiger partial charge is 0.233 e. The molecule has 2 fully saturated rings. The predicted octanol–water partition coefficient (Wildman–Crippen LogP) is 1.77. The first kappa shape index (κ1) is 16.4. The van der Waals surface area contributed by atoms with Crippen LogP contribution in [0.2, 0.25) is 0 Å². The van der Waals surface area contributed by atoms with Crippen LogP contribution >= 0.6 is 0 Å². The molecule has 1 aliphatic heterocycles. The third-order valence-electron chi connectivity index (χ3n) is 5.16. The lowest BCUT2D eigenvalue weighted by Crippen LogP contribution is -2.52. The molecule has 0 spiro atoms. The lowest BCUT2D eigenvalue weighted by Gasteiger charge is -2.37. The quantitative estimate of drug-likeness (QED) is 0.899. The predicted molar refractivity (Wildman–Crippen MR) is 86.6 cm³/mol. The average molecular weight is 320 g/mol. The largest absolute Gasteiger partial charge is 0.392 e. The maximum Gasteiger partial charge on any atom is 0.233 e. The molecule has 1 amide bonds. The van der Waals surface area contributed by atoms with Gasteiger partial charge in [0.25, 0.3) is 0 Å². The second kappa shape index (κ2) is 6.57. The molecule has 0 unspecified atom stereocenters. The number of hydrogen-bond acceptors (Lipinski definition) is 3. The van der Waals surface area contributed by atoms with E-state index in [0.29, 0.717) is 19.6 Å². The van der Waals surface area contributed by atoms with Gasteiger partial charge in [-0.05, 0) is 37.0 Å². The van der Waals surface area contributed by atoms with Crippen LogP contribution in [0.15, 0.2) is 24.3 Å². The second-order valence-corrected chi connectivity index (χ2v) is 6.74. The van der Waals surface area contributed by atoms with E-state index in [1.54, 1.807) is 12.1 Å². The second-order valence-electron chi connectivity index (χ2n) is 6.74. The van der Waals surface area contributed by atoms with Crippen LogP contribution in [0.25, 0.3) is 0 Å². The third-order valence-corrected chi connectivity index (χ3v) is 5.16. The summed E-state index contributed by atoms with van der Waals surface area (Å²) in [6.07, 6.45) is 2.18. The Morgan fingerprint density at radius 2 is 1.83 bits per heavy atom. The molecule has 23 heavy (non-hydrogen) atoms. The zero-order valence-corrected chi connectivity index (χ0v) is 13.7. The first-order chi connectivity index (χ1) is 11.0. The fourth-order valence-corrected chi connectivity index (χ4v) is 3.38. The van der Waals surface area contributed by atoms with Gasteiger partial charge in [0.15, 0.2) is 0 Å². The molecule has 1 atom stereocenters. The maximum atomic E-state index is 13.1. The molecule has 1 saturated carbocycles. The van der Waals surface area contributed by atoms with Crippen LogP contribution in [0, 0.1) is 5.82 Å². The molecule has 126 valence electrons. The molecular weight excluding hydrogens is 295 g/mol. The molecule has 4 nitrogen and oxygen atoms in total. The number of piperazine rings is 1. The summed E-state index contributed by atoms with van der Waals surface area (Å²) in [5, 5.41) is 9.74. The molecule has 0 aromatic heterocycles. The standard InChI is InChI=1S/C18H25FN2O2/c1-2-16(22)13-20-9-11-21(12-10-20)17(23)18(7-8-18)14-3-5-15(19)6-4-14/h3-6,16,22H,2,7-13H2,1H3/t16-/m0/s1. The van der Waals surface area contributed by atoms with E-state index in [-0.39, 0.29) is 17.8 Å². The van der Waals surface area contributed by atoms with Crippen molar-refractivity contribution in [2.45, 2.75) is 37.7 Å². The molecule has 0 bridgehead atoms. The summed E-state index contributed by atoms with van der Waals surface area (Å²) in [4.78, 5) is 17.1. The van der Waals surface area contributed by atoms with Crippen molar-refractivity contribution in [3.63, 3.8) is 0 Å². The normalized spacial score (nSPS) is 22.0. The van der Waals surface area contributed by atoms with Gasteiger partial charge >= 0.3 is 0 Å². The zero-order valence-electron chi connectivity index (χ0n) is 13.7. The molecule has 0 radical (unpaired) electrons. The van der Waals surface area contributed by atoms with Crippen LogP contribution in [-0.2, 0) is 10.2 Å². The number of aliphatic hydroxyl groups is 1. The van der Waals surface area contributed by atoms with Gasteiger partial charge in [-0.3, -0.25) is 9.69 Å². The first-order valence-electron chi connectivity index (χ1n) is 8.51. The monoisotopic (exact) mass is 320 g/mol. The molecule has 1 N–H and O–H groups in total. The van der Waals surface area contributed by atoms with Crippen LogP contribution in [0.1, 0.15) is 31.7 Å². The molecule has 5 heteroatoms. The molecule has 1 aliphatic carbocycles. The highest BCUT2D eigenvalue weighted by atomic mass is 19.1. The summed E-state index contributed by atoms with van der Waals surface area (Å²) in [5.41, 5.74) is 0.520. The minimum absolute atomic E-state index is 0.180. The van der Waals surface area contributed by atoms with Crippen LogP contribution in [-0.4, -0.2) is 59.6 Å².